The molecule has 0 bridgehead atoms. The second kappa shape index (κ2) is 4.81. The summed E-state index contributed by atoms with van der Waals surface area (Å²) in [5.74, 6) is 1.79. The predicted octanol–water partition coefficient (Wildman–Crippen LogP) is 2.53. The van der Waals surface area contributed by atoms with Crippen LogP contribution in [0.3, 0.4) is 0 Å². The summed E-state index contributed by atoms with van der Waals surface area (Å²) in [6.07, 6.45) is 5.73. The molecule has 0 aliphatic carbocycles. The summed E-state index contributed by atoms with van der Waals surface area (Å²) in [5.41, 5.74) is 0.615. The van der Waals surface area contributed by atoms with Crippen molar-refractivity contribution in [3.63, 3.8) is 0 Å². The molecule has 0 aromatic carbocycles. The molecular weight excluding hydrogens is 266 g/mol. The molecule has 0 aliphatic rings. The molecule has 3 aromatic heterocycles. The number of rotatable bonds is 3. The maximum Gasteiger partial charge on any atom is 0.278 e. The van der Waals surface area contributed by atoms with Crippen molar-refractivity contribution in [3.05, 3.63) is 41.7 Å². The molecule has 96 valence electrons. The second-order valence-electron chi connectivity index (χ2n) is 3.87. The SMILES string of the molecule is CCc1noc(-c2cn(-c3ccc(Cl)cn3)cn2)n1. The topological polar surface area (TPSA) is 69.6 Å². The van der Waals surface area contributed by atoms with E-state index in [1.165, 1.54) is 0 Å². The molecule has 0 unspecified atom stereocenters. The lowest BCUT2D eigenvalue weighted by Gasteiger charge is -1.99. The van der Waals surface area contributed by atoms with Crippen molar-refractivity contribution >= 4 is 11.6 Å². The first kappa shape index (κ1) is 11.9. The van der Waals surface area contributed by atoms with E-state index in [2.05, 4.69) is 20.1 Å². The molecule has 6 nitrogen and oxygen atoms in total. The highest BCUT2D eigenvalue weighted by Gasteiger charge is 2.11. The molecule has 3 aromatic rings. The molecule has 0 fully saturated rings. The van der Waals surface area contributed by atoms with Gasteiger partial charge in [-0.25, -0.2) is 9.97 Å². The monoisotopic (exact) mass is 275 g/mol. The minimum atomic E-state index is 0.407. The third kappa shape index (κ3) is 2.34. The number of aryl methyl sites for hydroxylation is 1. The van der Waals surface area contributed by atoms with Gasteiger partial charge < -0.3 is 4.52 Å². The highest BCUT2D eigenvalue weighted by Crippen LogP contribution is 2.17. The van der Waals surface area contributed by atoms with Gasteiger partial charge in [-0.05, 0) is 12.1 Å². The van der Waals surface area contributed by atoms with Crippen molar-refractivity contribution in [2.24, 2.45) is 0 Å². The maximum atomic E-state index is 5.80. The molecule has 7 heteroatoms. The van der Waals surface area contributed by atoms with E-state index in [9.17, 15) is 0 Å². The molecule has 0 radical (unpaired) electrons. The van der Waals surface area contributed by atoms with Gasteiger partial charge in [-0.2, -0.15) is 4.98 Å². The summed E-state index contributed by atoms with van der Waals surface area (Å²) in [6.45, 7) is 1.96. The maximum absolute atomic E-state index is 5.80. The first-order chi connectivity index (χ1) is 9.26. The third-order valence-corrected chi connectivity index (χ3v) is 2.79. The van der Waals surface area contributed by atoms with Crippen LogP contribution < -0.4 is 0 Å². The average Bonchev–Trinajstić information content (AvgIpc) is 3.08. The van der Waals surface area contributed by atoms with E-state index in [4.69, 9.17) is 16.1 Å². The summed E-state index contributed by atoms with van der Waals surface area (Å²) in [4.78, 5) is 12.7. The van der Waals surface area contributed by atoms with Crippen LogP contribution in [0.25, 0.3) is 17.4 Å². The quantitative estimate of drug-likeness (QED) is 0.735. The third-order valence-electron chi connectivity index (χ3n) is 2.56. The van der Waals surface area contributed by atoms with E-state index >= 15 is 0 Å². The summed E-state index contributed by atoms with van der Waals surface area (Å²) in [7, 11) is 0. The van der Waals surface area contributed by atoms with Crippen LogP contribution in [0.1, 0.15) is 12.7 Å². The minimum Gasteiger partial charge on any atom is -0.332 e. The Balaban J connectivity index is 1.92. The van der Waals surface area contributed by atoms with E-state index in [1.807, 2.05) is 6.92 Å². The highest BCUT2D eigenvalue weighted by molar-refractivity contribution is 6.30. The Kier molecular flexibility index (Phi) is 3.00. The van der Waals surface area contributed by atoms with Crippen molar-refractivity contribution in [3.8, 4) is 17.4 Å². The highest BCUT2D eigenvalue weighted by atomic mass is 35.5. The van der Waals surface area contributed by atoms with Crippen LogP contribution in [0, 0.1) is 0 Å². The fourth-order valence-corrected chi connectivity index (χ4v) is 1.69. The van der Waals surface area contributed by atoms with Crippen LogP contribution in [0.2, 0.25) is 5.02 Å². The van der Waals surface area contributed by atoms with Crippen LogP contribution in [0.5, 0.6) is 0 Å². The molecule has 0 saturated heterocycles. The molecule has 0 N–H and O–H groups in total. The zero-order valence-corrected chi connectivity index (χ0v) is 10.9. The lowest BCUT2D eigenvalue weighted by atomic mass is 10.4. The molecule has 19 heavy (non-hydrogen) atoms. The van der Waals surface area contributed by atoms with Gasteiger partial charge in [0.1, 0.15) is 17.8 Å². The number of pyridine rings is 1. The van der Waals surface area contributed by atoms with Gasteiger partial charge in [-0.3, -0.25) is 4.57 Å². The number of halogens is 1. The predicted molar refractivity (Wildman–Crippen MR) is 69.0 cm³/mol. The van der Waals surface area contributed by atoms with Gasteiger partial charge in [-0.15, -0.1) is 0 Å². The molecule has 0 aliphatic heterocycles. The largest absolute Gasteiger partial charge is 0.332 e. The van der Waals surface area contributed by atoms with Crippen LogP contribution >= 0.6 is 11.6 Å². The van der Waals surface area contributed by atoms with E-state index < -0.39 is 0 Å². The summed E-state index contributed by atoms with van der Waals surface area (Å²) < 4.78 is 6.90. The van der Waals surface area contributed by atoms with Crippen LogP contribution in [-0.4, -0.2) is 24.7 Å². The van der Waals surface area contributed by atoms with Gasteiger partial charge >= 0.3 is 0 Å². The van der Waals surface area contributed by atoms with Gasteiger partial charge in [0.05, 0.1) is 5.02 Å². The van der Waals surface area contributed by atoms with Crippen molar-refractivity contribution in [1.82, 2.24) is 24.7 Å². The van der Waals surface area contributed by atoms with Crippen LogP contribution in [0.15, 0.2) is 35.4 Å². The van der Waals surface area contributed by atoms with Crippen LogP contribution in [-0.2, 0) is 6.42 Å². The van der Waals surface area contributed by atoms with Crippen molar-refractivity contribution < 1.29 is 4.52 Å². The molecule has 0 saturated carbocycles. The Morgan fingerprint density at radius 3 is 2.89 bits per heavy atom. The number of imidazole rings is 1. The molecule has 3 heterocycles. The van der Waals surface area contributed by atoms with Gasteiger partial charge in [0.2, 0.25) is 0 Å². The van der Waals surface area contributed by atoms with Crippen LogP contribution in [0.4, 0.5) is 0 Å². The number of hydrogen-bond acceptors (Lipinski definition) is 5. The summed E-state index contributed by atoms with van der Waals surface area (Å²) >= 11 is 5.80. The molecule has 0 atom stereocenters. The Bertz CT molecular complexity index is 688. The summed E-state index contributed by atoms with van der Waals surface area (Å²) in [5, 5.41) is 4.43. The van der Waals surface area contributed by atoms with E-state index in [-0.39, 0.29) is 0 Å². The number of hydrogen-bond donors (Lipinski definition) is 0. The molecule has 0 spiro atoms. The van der Waals surface area contributed by atoms with E-state index in [0.717, 1.165) is 12.2 Å². The van der Waals surface area contributed by atoms with Gasteiger partial charge in [-0.1, -0.05) is 23.7 Å². The van der Waals surface area contributed by atoms with Crippen molar-refractivity contribution in [2.45, 2.75) is 13.3 Å². The van der Waals surface area contributed by atoms with Crippen molar-refractivity contribution in [1.29, 1.82) is 0 Å². The second-order valence-corrected chi connectivity index (χ2v) is 4.31. The number of nitrogens with zero attached hydrogens (tertiary/aromatic N) is 5. The zero-order valence-electron chi connectivity index (χ0n) is 10.1. The van der Waals surface area contributed by atoms with Crippen molar-refractivity contribution in [2.75, 3.05) is 0 Å². The van der Waals surface area contributed by atoms with Gasteiger partial charge in [0, 0.05) is 18.8 Å². The number of aromatic nitrogens is 5. The minimum absolute atomic E-state index is 0.407. The van der Waals surface area contributed by atoms with Gasteiger partial charge in [0.15, 0.2) is 5.82 Å². The molecule has 0 amide bonds. The van der Waals surface area contributed by atoms with E-state index in [1.54, 1.807) is 35.4 Å². The Morgan fingerprint density at radius 1 is 1.32 bits per heavy atom. The fraction of sp³-hybridized carbons (Fsp3) is 0.167. The Labute approximate surface area is 114 Å². The Morgan fingerprint density at radius 2 is 2.21 bits per heavy atom. The summed E-state index contributed by atoms with van der Waals surface area (Å²) in [6, 6.07) is 3.57. The first-order valence-electron chi connectivity index (χ1n) is 5.75. The average molecular weight is 276 g/mol. The lowest BCUT2D eigenvalue weighted by Crippen LogP contribution is -1.92. The normalized spacial score (nSPS) is 10.8. The molecular formula is C12H10ClN5O. The standard InChI is InChI=1S/C12H10ClN5O/c1-2-10-16-12(19-17-10)9-6-18(7-15-9)11-4-3-8(13)5-14-11/h3-7H,2H2,1H3. The smallest absolute Gasteiger partial charge is 0.278 e. The fourth-order valence-electron chi connectivity index (χ4n) is 1.58. The first-order valence-corrected chi connectivity index (χ1v) is 6.13. The van der Waals surface area contributed by atoms with Gasteiger partial charge in [0.25, 0.3) is 5.89 Å². The molecule has 3 rings (SSSR count). The Hall–Kier alpha value is -2.21. The lowest BCUT2D eigenvalue weighted by molar-refractivity contribution is 0.422. The zero-order chi connectivity index (χ0) is 13.2. The van der Waals surface area contributed by atoms with E-state index in [0.29, 0.717) is 22.4 Å².